The number of nitrogens with two attached hydrogens (primary N) is 1. The molecular formula is C23H31IN4O3. The van der Waals surface area contributed by atoms with Gasteiger partial charge in [0.1, 0.15) is 0 Å². The molecule has 31 heavy (non-hydrogen) atoms. The fourth-order valence-corrected chi connectivity index (χ4v) is 3.45. The molecule has 0 radical (unpaired) electrons. The summed E-state index contributed by atoms with van der Waals surface area (Å²) in [5.74, 6) is 1.82. The minimum Gasteiger partial charge on any atom is -0.493 e. The van der Waals surface area contributed by atoms with Gasteiger partial charge in [-0.2, -0.15) is 0 Å². The molecule has 1 fully saturated rings. The monoisotopic (exact) mass is 538 g/mol. The van der Waals surface area contributed by atoms with E-state index in [-0.39, 0.29) is 29.9 Å². The molecular weight excluding hydrogens is 507 g/mol. The van der Waals surface area contributed by atoms with Crippen LogP contribution in [0.5, 0.6) is 11.5 Å². The maximum atomic E-state index is 12.5. The van der Waals surface area contributed by atoms with Crippen LogP contribution in [-0.2, 0) is 13.1 Å². The minimum atomic E-state index is 0. The number of guanidine groups is 1. The van der Waals surface area contributed by atoms with Crippen LogP contribution in [0.4, 0.5) is 0 Å². The van der Waals surface area contributed by atoms with Crippen LogP contribution in [-0.4, -0.2) is 44.1 Å². The number of halogens is 1. The lowest BCUT2D eigenvalue weighted by Crippen LogP contribution is -2.35. The summed E-state index contributed by atoms with van der Waals surface area (Å²) in [5.41, 5.74) is 8.73. The van der Waals surface area contributed by atoms with Crippen LogP contribution < -0.4 is 20.5 Å². The van der Waals surface area contributed by atoms with Crippen molar-refractivity contribution >= 4 is 35.8 Å². The Morgan fingerprint density at radius 2 is 1.65 bits per heavy atom. The number of methoxy groups -OCH3 is 2. The number of likely N-dealkylation sites (tertiary alicyclic amines) is 1. The van der Waals surface area contributed by atoms with Crippen LogP contribution in [0.1, 0.15) is 40.7 Å². The molecule has 3 N–H and O–H groups in total. The molecule has 0 bridgehead atoms. The van der Waals surface area contributed by atoms with Gasteiger partial charge in [0.05, 0.1) is 20.8 Å². The maximum absolute atomic E-state index is 12.5. The zero-order chi connectivity index (χ0) is 21.3. The zero-order valence-corrected chi connectivity index (χ0v) is 20.4. The van der Waals surface area contributed by atoms with Crippen LogP contribution in [0, 0.1) is 0 Å². The Morgan fingerprint density at radius 3 is 2.29 bits per heavy atom. The van der Waals surface area contributed by atoms with Crippen LogP contribution in [0.25, 0.3) is 0 Å². The second kappa shape index (κ2) is 12.4. The molecule has 168 valence electrons. The van der Waals surface area contributed by atoms with E-state index in [9.17, 15) is 4.79 Å². The van der Waals surface area contributed by atoms with E-state index in [0.717, 1.165) is 42.6 Å². The third kappa shape index (κ3) is 7.02. The number of ether oxygens (including phenoxy) is 2. The molecule has 1 amide bonds. The quantitative estimate of drug-likeness (QED) is 0.320. The molecule has 0 aromatic heterocycles. The van der Waals surface area contributed by atoms with Crippen molar-refractivity contribution in [1.29, 1.82) is 0 Å². The molecule has 0 spiro atoms. The van der Waals surface area contributed by atoms with Crippen molar-refractivity contribution in [3.05, 3.63) is 59.2 Å². The standard InChI is InChI=1S/C23H30N4O3.HI/c1-29-20-11-8-18(14-21(20)30-2)16-26-23(24)25-15-17-6-9-19(10-7-17)22(28)27-12-4-3-5-13-27;/h6-11,14H,3-5,12-13,15-16H2,1-2H3,(H3,24,25,26);1H. The van der Waals surface area contributed by atoms with Gasteiger partial charge in [0, 0.05) is 25.2 Å². The number of hydrogen-bond donors (Lipinski definition) is 2. The van der Waals surface area contributed by atoms with Crippen LogP contribution in [0.15, 0.2) is 47.5 Å². The summed E-state index contributed by atoms with van der Waals surface area (Å²) < 4.78 is 10.5. The largest absolute Gasteiger partial charge is 0.493 e. The van der Waals surface area contributed by atoms with Gasteiger partial charge in [-0.1, -0.05) is 18.2 Å². The molecule has 0 atom stereocenters. The summed E-state index contributed by atoms with van der Waals surface area (Å²) >= 11 is 0. The van der Waals surface area contributed by atoms with Gasteiger partial charge in [0.25, 0.3) is 5.91 Å². The molecule has 1 heterocycles. The first-order valence-corrected chi connectivity index (χ1v) is 10.2. The summed E-state index contributed by atoms with van der Waals surface area (Å²) in [6, 6.07) is 13.3. The van der Waals surface area contributed by atoms with E-state index in [0.29, 0.717) is 30.5 Å². The van der Waals surface area contributed by atoms with E-state index in [1.165, 1.54) is 6.42 Å². The van der Waals surface area contributed by atoms with E-state index in [2.05, 4.69) is 10.3 Å². The number of rotatable bonds is 7. The number of hydrogen-bond acceptors (Lipinski definition) is 4. The minimum absolute atomic E-state index is 0. The highest BCUT2D eigenvalue weighted by Gasteiger charge is 2.17. The lowest BCUT2D eigenvalue weighted by molar-refractivity contribution is 0.0724. The predicted molar refractivity (Wildman–Crippen MR) is 133 cm³/mol. The fraction of sp³-hybridized carbons (Fsp3) is 0.391. The second-order valence-corrected chi connectivity index (χ2v) is 7.29. The number of nitrogens with zero attached hydrogens (tertiary/aromatic N) is 2. The topological polar surface area (TPSA) is 89.2 Å². The van der Waals surface area contributed by atoms with Crippen LogP contribution in [0.3, 0.4) is 0 Å². The van der Waals surface area contributed by atoms with E-state index < -0.39 is 0 Å². The van der Waals surface area contributed by atoms with Crippen molar-refractivity contribution in [2.45, 2.75) is 32.4 Å². The summed E-state index contributed by atoms with van der Waals surface area (Å²) in [5, 5.41) is 3.11. The number of amides is 1. The Morgan fingerprint density at radius 1 is 1.00 bits per heavy atom. The number of nitrogens with one attached hydrogen (secondary N) is 1. The molecule has 2 aromatic carbocycles. The van der Waals surface area contributed by atoms with Crippen LogP contribution >= 0.6 is 24.0 Å². The van der Waals surface area contributed by atoms with Crippen LogP contribution in [0.2, 0.25) is 0 Å². The highest BCUT2D eigenvalue weighted by Crippen LogP contribution is 2.27. The number of carbonyl (C=O) groups excluding carboxylic acids is 1. The molecule has 0 saturated carbocycles. The molecule has 2 aromatic rings. The summed E-state index contributed by atoms with van der Waals surface area (Å²) in [7, 11) is 3.21. The van der Waals surface area contributed by atoms with E-state index >= 15 is 0 Å². The average molecular weight is 538 g/mol. The number of benzene rings is 2. The predicted octanol–water partition coefficient (Wildman–Crippen LogP) is 3.55. The van der Waals surface area contributed by atoms with Gasteiger partial charge in [-0.3, -0.25) is 4.79 Å². The van der Waals surface area contributed by atoms with Gasteiger partial charge in [-0.15, -0.1) is 24.0 Å². The maximum Gasteiger partial charge on any atom is 0.253 e. The van der Waals surface area contributed by atoms with Gasteiger partial charge >= 0.3 is 0 Å². The Hall–Kier alpha value is -2.49. The fourth-order valence-electron chi connectivity index (χ4n) is 3.45. The Balaban J connectivity index is 0.00000341. The first kappa shape index (κ1) is 24.8. The molecule has 1 aliphatic rings. The summed E-state index contributed by atoms with van der Waals surface area (Å²) in [4.78, 5) is 18.9. The molecule has 0 unspecified atom stereocenters. The van der Waals surface area contributed by atoms with E-state index in [4.69, 9.17) is 15.2 Å². The smallest absolute Gasteiger partial charge is 0.253 e. The van der Waals surface area contributed by atoms with Crippen molar-refractivity contribution in [2.24, 2.45) is 10.7 Å². The third-order valence-corrected chi connectivity index (χ3v) is 5.20. The molecule has 1 saturated heterocycles. The number of carbonyl (C=O) groups is 1. The Bertz CT molecular complexity index is 881. The highest BCUT2D eigenvalue weighted by molar-refractivity contribution is 14.0. The van der Waals surface area contributed by atoms with Crippen molar-refractivity contribution in [3.8, 4) is 11.5 Å². The molecule has 7 nitrogen and oxygen atoms in total. The molecule has 8 heteroatoms. The van der Waals surface area contributed by atoms with Gasteiger partial charge in [0.15, 0.2) is 17.5 Å². The van der Waals surface area contributed by atoms with E-state index in [1.54, 1.807) is 14.2 Å². The van der Waals surface area contributed by atoms with Gasteiger partial charge < -0.3 is 25.4 Å². The van der Waals surface area contributed by atoms with E-state index in [1.807, 2.05) is 47.4 Å². The summed E-state index contributed by atoms with van der Waals surface area (Å²) in [6.45, 7) is 2.69. The second-order valence-electron chi connectivity index (χ2n) is 7.29. The van der Waals surface area contributed by atoms with Crippen molar-refractivity contribution in [1.82, 2.24) is 10.2 Å². The lowest BCUT2D eigenvalue weighted by atomic mass is 10.1. The van der Waals surface area contributed by atoms with Gasteiger partial charge in [0.2, 0.25) is 0 Å². The van der Waals surface area contributed by atoms with Gasteiger partial charge in [-0.25, -0.2) is 4.99 Å². The molecule has 0 aliphatic carbocycles. The normalized spacial score (nSPS) is 13.9. The van der Waals surface area contributed by atoms with Crippen molar-refractivity contribution in [2.75, 3.05) is 27.3 Å². The lowest BCUT2D eigenvalue weighted by Gasteiger charge is -2.26. The highest BCUT2D eigenvalue weighted by atomic mass is 127. The van der Waals surface area contributed by atoms with Crippen molar-refractivity contribution < 1.29 is 14.3 Å². The number of piperidine rings is 1. The Labute approximate surface area is 201 Å². The average Bonchev–Trinajstić information content (AvgIpc) is 2.81. The van der Waals surface area contributed by atoms with Gasteiger partial charge in [-0.05, 0) is 54.7 Å². The third-order valence-electron chi connectivity index (χ3n) is 5.20. The Kier molecular flexibility index (Phi) is 9.90. The molecule has 1 aliphatic heterocycles. The zero-order valence-electron chi connectivity index (χ0n) is 18.1. The molecule has 3 rings (SSSR count). The first-order valence-electron chi connectivity index (χ1n) is 10.2. The SMILES string of the molecule is COc1ccc(CN=C(N)NCc2ccc(C(=O)N3CCCCC3)cc2)cc1OC.I. The summed E-state index contributed by atoms with van der Waals surface area (Å²) in [6.07, 6.45) is 3.40. The first-order chi connectivity index (χ1) is 14.6. The van der Waals surface area contributed by atoms with Crippen molar-refractivity contribution in [3.63, 3.8) is 0 Å². The number of aliphatic imine (C=N–C) groups is 1.